The van der Waals surface area contributed by atoms with E-state index in [-0.39, 0.29) is 5.54 Å². The second-order valence-electron chi connectivity index (χ2n) is 7.53. The van der Waals surface area contributed by atoms with Gasteiger partial charge < -0.3 is 10.2 Å². The SMILES string of the molecule is CCN1CCCC1CN(C)C(C)CCCNC(C)(C)C. The van der Waals surface area contributed by atoms with Crippen LogP contribution in [0, 0.1) is 0 Å². The van der Waals surface area contributed by atoms with Gasteiger partial charge in [-0.15, -0.1) is 0 Å². The minimum atomic E-state index is 0.251. The van der Waals surface area contributed by atoms with E-state index in [2.05, 4.69) is 56.8 Å². The molecule has 1 fully saturated rings. The molecule has 2 unspecified atom stereocenters. The Balaban J connectivity index is 2.20. The number of nitrogens with one attached hydrogen (secondary N) is 1. The summed E-state index contributed by atoms with van der Waals surface area (Å²) in [6, 6.07) is 1.48. The van der Waals surface area contributed by atoms with Crippen LogP contribution in [0.15, 0.2) is 0 Å². The zero-order valence-electron chi connectivity index (χ0n) is 14.7. The molecule has 120 valence electrons. The summed E-state index contributed by atoms with van der Waals surface area (Å²) < 4.78 is 0. The lowest BCUT2D eigenvalue weighted by Gasteiger charge is -2.31. The van der Waals surface area contributed by atoms with Crippen LogP contribution >= 0.6 is 0 Å². The van der Waals surface area contributed by atoms with Gasteiger partial charge in [-0.25, -0.2) is 0 Å². The highest BCUT2D eigenvalue weighted by Gasteiger charge is 2.25. The van der Waals surface area contributed by atoms with Crippen molar-refractivity contribution in [3.8, 4) is 0 Å². The molecule has 0 spiro atoms. The summed E-state index contributed by atoms with van der Waals surface area (Å²) in [5.74, 6) is 0. The van der Waals surface area contributed by atoms with Crippen molar-refractivity contribution in [2.24, 2.45) is 0 Å². The molecule has 0 aromatic rings. The Bertz CT molecular complexity index is 259. The average molecular weight is 284 g/mol. The van der Waals surface area contributed by atoms with Crippen LogP contribution in [0.1, 0.15) is 60.3 Å². The van der Waals surface area contributed by atoms with E-state index in [0.717, 1.165) is 12.6 Å². The third kappa shape index (κ3) is 6.55. The summed E-state index contributed by atoms with van der Waals surface area (Å²) in [7, 11) is 2.30. The van der Waals surface area contributed by atoms with Gasteiger partial charge in [0.15, 0.2) is 0 Å². The first-order chi connectivity index (χ1) is 9.33. The number of hydrogen-bond donors (Lipinski definition) is 1. The molecule has 0 saturated carbocycles. The average Bonchev–Trinajstić information content (AvgIpc) is 2.80. The van der Waals surface area contributed by atoms with Gasteiger partial charge in [0.1, 0.15) is 0 Å². The molecule has 0 aliphatic carbocycles. The van der Waals surface area contributed by atoms with Crippen LogP contribution < -0.4 is 5.32 Å². The zero-order valence-corrected chi connectivity index (χ0v) is 14.7. The van der Waals surface area contributed by atoms with Crippen molar-refractivity contribution in [3.63, 3.8) is 0 Å². The first kappa shape index (κ1) is 17.9. The van der Waals surface area contributed by atoms with Crippen molar-refractivity contribution in [1.82, 2.24) is 15.1 Å². The Morgan fingerprint density at radius 2 is 2.05 bits per heavy atom. The van der Waals surface area contributed by atoms with Gasteiger partial charge in [0.2, 0.25) is 0 Å². The van der Waals surface area contributed by atoms with Crippen molar-refractivity contribution >= 4 is 0 Å². The number of nitrogens with zero attached hydrogens (tertiary/aromatic N) is 2. The van der Waals surface area contributed by atoms with Crippen LogP contribution in [-0.4, -0.2) is 60.6 Å². The molecule has 1 N–H and O–H groups in total. The molecule has 3 nitrogen and oxygen atoms in total. The summed E-state index contributed by atoms with van der Waals surface area (Å²) in [6.45, 7) is 16.3. The van der Waals surface area contributed by atoms with Crippen molar-refractivity contribution in [2.75, 3.05) is 33.2 Å². The molecule has 1 saturated heterocycles. The normalized spacial score (nSPS) is 22.6. The molecule has 0 amide bonds. The number of likely N-dealkylation sites (tertiary alicyclic amines) is 1. The van der Waals surface area contributed by atoms with Gasteiger partial charge in [-0.2, -0.15) is 0 Å². The Labute approximate surface area is 127 Å². The molecule has 1 aliphatic rings. The summed E-state index contributed by atoms with van der Waals surface area (Å²) in [4.78, 5) is 5.21. The first-order valence-electron chi connectivity index (χ1n) is 8.53. The second-order valence-corrected chi connectivity index (χ2v) is 7.53. The molecule has 2 atom stereocenters. The maximum Gasteiger partial charge on any atom is 0.0223 e. The van der Waals surface area contributed by atoms with E-state index < -0.39 is 0 Å². The van der Waals surface area contributed by atoms with Crippen molar-refractivity contribution in [1.29, 1.82) is 0 Å². The molecule has 0 radical (unpaired) electrons. The van der Waals surface area contributed by atoms with E-state index in [1.54, 1.807) is 0 Å². The third-order valence-corrected chi connectivity index (χ3v) is 4.61. The Morgan fingerprint density at radius 3 is 2.65 bits per heavy atom. The van der Waals surface area contributed by atoms with Crippen LogP contribution in [0.2, 0.25) is 0 Å². The topological polar surface area (TPSA) is 18.5 Å². The lowest BCUT2D eigenvalue weighted by Crippen LogP contribution is -2.42. The van der Waals surface area contributed by atoms with Gasteiger partial charge in [-0.05, 0) is 80.1 Å². The van der Waals surface area contributed by atoms with Gasteiger partial charge >= 0.3 is 0 Å². The van der Waals surface area contributed by atoms with Gasteiger partial charge in [0, 0.05) is 24.2 Å². The highest BCUT2D eigenvalue weighted by molar-refractivity contribution is 4.82. The fourth-order valence-electron chi connectivity index (χ4n) is 3.11. The smallest absolute Gasteiger partial charge is 0.0223 e. The lowest BCUT2D eigenvalue weighted by atomic mass is 10.1. The van der Waals surface area contributed by atoms with Crippen molar-refractivity contribution < 1.29 is 0 Å². The van der Waals surface area contributed by atoms with E-state index in [9.17, 15) is 0 Å². The highest BCUT2D eigenvalue weighted by Crippen LogP contribution is 2.18. The Kier molecular flexibility index (Phi) is 7.49. The maximum atomic E-state index is 3.58. The zero-order chi connectivity index (χ0) is 15.2. The van der Waals surface area contributed by atoms with E-state index in [1.165, 1.54) is 45.3 Å². The molecule has 0 bridgehead atoms. The summed E-state index contributed by atoms with van der Waals surface area (Å²) in [6.07, 6.45) is 5.33. The standard InChI is InChI=1S/C17H37N3/c1-7-20-13-9-11-16(20)14-19(6)15(2)10-8-12-18-17(3,4)5/h15-16,18H,7-14H2,1-6H3. The highest BCUT2D eigenvalue weighted by atomic mass is 15.2. The van der Waals surface area contributed by atoms with Crippen LogP contribution in [-0.2, 0) is 0 Å². The van der Waals surface area contributed by atoms with Crippen LogP contribution in [0.4, 0.5) is 0 Å². The number of rotatable bonds is 8. The summed E-state index contributed by atoms with van der Waals surface area (Å²) in [5, 5.41) is 3.58. The predicted octanol–water partition coefficient (Wildman–Crippen LogP) is 2.96. The van der Waals surface area contributed by atoms with E-state index in [4.69, 9.17) is 0 Å². The van der Waals surface area contributed by atoms with Crippen molar-refractivity contribution in [3.05, 3.63) is 0 Å². The van der Waals surface area contributed by atoms with Gasteiger partial charge in [-0.3, -0.25) is 4.90 Å². The fraction of sp³-hybridized carbons (Fsp3) is 1.00. The number of hydrogen-bond acceptors (Lipinski definition) is 3. The first-order valence-corrected chi connectivity index (χ1v) is 8.53. The Hall–Kier alpha value is -0.120. The minimum absolute atomic E-state index is 0.251. The third-order valence-electron chi connectivity index (χ3n) is 4.61. The molecular weight excluding hydrogens is 246 g/mol. The minimum Gasteiger partial charge on any atom is -0.312 e. The van der Waals surface area contributed by atoms with E-state index in [1.807, 2.05) is 0 Å². The van der Waals surface area contributed by atoms with Gasteiger partial charge in [-0.1, -0.05) is 6.92 Å². The molecule has 0 aromatic heterocycles. The second kappa shape index (κ2) is 8.35. The molecule has 1 heterocycles. The molecule has 1 rings (SSSR count). The van der Waals surface area contributed by atoms with Gasteiger partial charge in [0.25, 0.3) is 0 Å². The van der Waals surface area contributed by atoms with Gasteiger partial charge in [0.05, 0.1) is 0 Å². The lowest BCUT2D eigenvalue weighted by molar-refractivity contribution is 0.163. The van der Waals surface area contributed by atoms with Crippen LogP contribution in [0.25, 0.3) is 0 Å². The van der Waals surface area contributed by atoms with Crippen molar-refractivity contribution in [2.45, 2.75) is 77.9 Å². The van der Waals surface area contributed by atoms with Crippen LogP contribution in [0.3, 0.4) is 0 Å². The largest absolute Gasteiger partial charge is 0.312 e. The fourth-order valence-corrected chi connectivity index (χ4v) is 3.11. The predicted molar refractivity (Wildman–Crippen MR) is 89.4 cm³/mol. The van der Waals surface area contributed by atoms with E-state index >= 15 is 0 Å². The van der Waals surface area contributed by atoms with E-state index in [0.29, 0.717) is 6.04 Å². The molecule has 3 heteroatoms. The molecule has 0 aromatic carbocycles. The molecule has 1 aliphatic heterocycles. The monoisotopic (exact) mass is 283 g/mol. The molecular formula is C17H37N3. The Morgan fingerprint density at radius 1 is 1.35 bits per heavy atom. The maximum absolute atomic E-state index is 3.58. The number of likely N-dealkylation sites (N-methyl/N-ethyl adjacent to an activating group) is 2. The quantitative estimate of drug-likeness (QED) is 0.691. The molecule has 20 heavy (non-hydrogen) atoms. The summed E-state index contributed by atoms with van der Waals surface area (Å²) >= 11 is 0. The van der Waals surface area contributed by atoms with Crippen LogP contribution in [0.5, 0.6) is 0 Å². The summed E-state index contributed by atoms with van der Waals surface area (Å²) in [5.41, 5.74) is 0.251.